The van der Waals surface area contributed by atoms with Gasteiger partial charge in [0.15, 0.2) is 6.61 Å². The summed E-state index contributed by atoms with van der Waals surface area (Å²) in [5.74, 6) is -2.50. The highest BCUT2D eigenvalue weighted by atomic mass is 19.3. The van der Waals surface area contributed by atoms with Crippen molar-refractivity contribution in [3.8, 4) is 28.8 Å². The van der Waals surface area contributed by atoms with Crippen LogP contribution in [0.2, 0.25) is 0 Å². The molecule has 1 aromatic carbocycles. The lowest BCUT2D eigenvalue weighted by atomic mass is 9.90. The Balaban J connectivity index is 1.16. The second kappa shape index (κ2) is 15.7. The standard InChI is InChI=1S/C33H40F2N10O4/c1-23(17-44-22-37-21-40-44)49-30-13-24(3-4-25(30)14-36)26-15-38-32(39-16-26)41-29-18-45(42-31(29)48-20-33(34,35)19-46-2)28-7-5-27(6-8-28)43-9-11-47-12-10-43/h3-4,13,15-16,18,21-23,27-28H,5-12,17,19-20H2,1-2H3,(H,38,39,41)/t23-,27-,28-/m0/s1. The summed E-state index contributed by atoms with van der Waals surface area (Å²) in [7, 11) is 1.22. The number of nitriles is 1. The molecule has 1 aliphatic heterocycles. The van der Waals surface area contributed by atoms with Gasteiger partial charge in [0, 0.05) is 44.2 Å². The predicted octanol–water partition coefficient (Wildman–Crippen LogP) is 4.49. The summed E-state index contributed by atoms with van der Waals surface area (Å²) in [6.07, 6.45) is 11.6. The number of halogens is 2. The number of alkyl halides is 2. The van der Waals surface area contributed by atoms with Crippen LogP contribution in [0.4, 0.5) is 20.4 Å². The number of ether oxygens (including phenoxy) is 4. The fourth-order valence-electron chi connectivity index (χ4n) is 6.21. The van der Waals surface area contributed by atoms with Gasteiger partial charge in [-0.05, 0) is 50.3 Å². The molecule has 3 aromatic heterocycles. The average Bonchev–Trinajstić information content (AvgIpc) is 3.78. The number of anilines is 2. The predicted molar refractivity (Wildman–Crippen MR) is 174 cm³/mol. The van der Waals surface area contributed by atoms with Gasteiger partial charge in [-0.1, -0.05) is 6.07 Å². The van der Waals surface area contributed by atoms with Crippen molar-refractivity contribution in [2.75, 3.05) is 51.9 Å². The third kappa shape index (κ3) is 8.85. The molecular weight excluding hydrogens is 638 g/mol. The van der Waals surface area contributed by atoms with Gasteiger partial charge in [0.2, 0.25) is 5.95 Å². The number of hydrogen-bond acceptors (Lipinski definition) is 12. The Morgan fingerprint density at radius 3 is 2.53 bits per heavy atom. The van der Waals surface area contributed by atoms with E-state index in [4.69, 9.17) is 14.2 Å². The van der Waals surface area contributed by atoms with Gasteiger partial charge in [-0.3, -0.25) is 9.58 Å². The van der Waals surface area contributed by atoms with Crippen molar-refractivity contribution in [1.82, 2.24) is 39.4 Å². The molecule has 14 nitrogen and oxygen atoms in total. The minimum atomic E-state index is -3.19. The van der Waals surface area contributed by atoms with Crippen molar-refractivity contribution in [3.63, 3.8) is 0 Å². The molecule has 49 heavy (non-hydrogen) atoms. The van der Waals surface area contributed by atoms with Crippen molar-refractivity contribution >= 4 is 11.6 Å². The summed E-state index contributed by atoms with van der Waals surface area (Å²) in [4.78, 5) is 15.4. The second-order valence-electron chi connectivity index (χ2n) is 12.3. The minimum Gasteiger partial charge on any atom is -0.487 e. The van der Waals surface area contributed by atoms with E-state index in [9.17, 15) is 14.0 Å². The highest BCUT2D eigenvalue weighted by molar-refractivity contribution is 5.67. The first-order chi connectivity index (χ1) is 23.8. The molecule has 0 spiro atoms. The van der Waals surface area contributed by atoms with Crippen molar-refractivity contribution < 1.29 is 27.7 Å². The molecule has 4 heterocycles. The smallest absolute Gasteiger partial charge is 0.304 e. The quantitative estimate of drug-likeness (QED) is 0.200. The molecule has 6 rings (SSSR count). The third-order valence-electron chi connectivity index (χ3n) is 8.65. The van der Waals surface area contributed by atoms with E-state index in [-0.39, 0.29) is 24.0 Å². The largest absolute Gasteiger partial charge is 0.487 e. The molecule has 0 unspecified atom stereocenters. The van der Waals surface area contributed by atoms with Crippen molar-refractivity contribution in [2.45, 2.75) is 63.3 Å². The molecule has 0 amide bonds. The molecule has 0 radical (unpaired) electrons. The number of nitrogens with zero attached hydrogens (tertiary/aromatic N) is 9. The number of rotatable bonds is 14. The Morgan fingerprint density at radius 1 is 1.08 bits per heavy atom. The van der Waals surface area contributed by atoms with Crippen LogP contribution >= 0.6 is 0 Å². The number of aromatic nitrogens is 7. The highest BCUT2D eigenvalue weighted by Crippen LogP contribution is 2.35. The Labute approximate surface area is 283 Å². The van der Waals surface area contributed by atoms with Crippen LogP contribution in [-0.2, 0) is 16.0 Å². The number of benzene rings is 1. The van der Waals surface area contributed by atoms with Crippen molar-refractivity contribution in [2.24, 2.45) is 0 Å². The number of hydrogen-bond donors (Lipinski definition) is 1. The van der Waals surface area contributed by atoms with Crippen molar-refractivity contribution in [3.05, 3.63) is 55.0 Å². The van der Waals surface area contributed by atoms with Gasteiger partial charge < -0.3 is 24.3 Å². The SMILES string of the molecule is COCC(F)(F)COc1nn([C@H]2CC[C@H](N3CCOCC3)CC2)cc1Nc1ncc(-c2ccc(C#N)c(O[C@@H](C)Cn3cncn3)c2)cn1. The van der Waals surface area contributed by atoms with Crippen LogP contribution in [0.5, 0.6) is 11.6 Å². The lowest BCUT2D eigenvalue weighted by Gasteiger charge is -2.38. The van der Waals surface area contributed by atoms with E-state index in [2.05, 4.69) is 46.2 Å². The van der Waals surface area contributed by atoms with Crippen LogP contribution in [0.15, 0.2) is 49.4 Å². The average molecular weight is 679 g/mol. The van der Waals surface area contributed by atoms with E-state index in [0.29, 0.717) is 35.2 Å². The van der Waals surface area contributed by atoms with E-state index in [1.54, 1.807) is 52.5 Å². The van der Waals surface area contributed by atoms with Gasteiger partial charge in [-0.2, -0.15) is 10.4 Å². The van der Waals surface area contributed by atoms with Gasteiger partial charge >= 0.3 is 5.92 Å². The maximum Gasteiger partial charge on any atom is 0.304 e. The number of nitrogens with one attached hydrogen (secondary N) is 1. The highest BCUT2D eigenvalue weighted by Gasteiger charge is 2.32. The molecule has 1 saturated carbocycles. The van der Waals surface area contributed by atoms with Crippen LogP contribution in [0.1, 0.15) is 44.2 Å². The minimum absolute atomic E-state index is 0.0349. The fourth-order valence-corrected chi connectivity index (χ4v) is 6.21. The van der Waals surface area contributed by atoms with Crippen LogP contribution in [0.25, 0.3) is 11.1 Å². The Hall–Kier alpha value is -4.72. The van der Waals surface area contributed by atoms with Gasteiger partial charge in [-0.15, -0.1) is 5.10 Å². The van der Waals surface area contributed by atoms with Gasteiger partial charge in [0.05, 0.1) is 37.6 Å². The molecule has 0 bridgehead atoms. The Bertz CT molecular complexity index is 1680. The van der Waals surface area contributed by atoms with Crippen LogP contribution in [-0.4, -0.2) is 104 Å². The molecule has 1 aliphatic carbocycles. The lowest BCUT2D eigenvalue weighted by Crippen LogP contribution is -2.45. The molecule has 1 saturated heterocycles. The Kier molecular flexibility index (Phi) is 10.9. The molecule has 4 aromatic rings. The molecule has 16 heteroatoms. The summed E-state index contributed by atoms with van der Waals surface area (Å²) in [6, 6.07) is 8.02. The van der Waals surface area contributed by atoms with E-state index in [1.807, 2.05) is 6.92 Å². The van der Waals surface area contributed by atoms with E-state index < -0.39 is 19.1 Å². The number of morpholine rings is 1. The zero-order chi connectivity index (χ0) is 34.2. The van der Waals surface area contributed by atoms with Crippen molar-refractivity contribution in [1.29, 1.82) is 5.26 Å². The second-order valence-corrected chi connectivity index (χ2v) is 12.3. The molecule has 2 aliphatic rings. The van der Waals surface area contributed by atoms with Crippen LogP contribution in [0, 0.1) is 11.3 Å². The molecule has 2 fully saturated rings. The fraction of sp³-hybridized carbons (Fsp3) is 0.515. The summed E-state index contributed by atoms with van der Waals surface area (Å²) in [6.45, 7) is 4.10. The zero-order valence-electron chi connectivity index (χ0n) is 27.5. The summed E-state index contributed by atoms with van der Waals surface area (Å²) in [5.41, 5.74) is 2.21. The molecular formula is C33H40F2N10O4. The first kappa shape index (κ1) is 34.2. The van der Waals surface area contributed by atoms with Gasteiger partial charge in [0.1, 0.15) is 42.9 Å². The maximum atomic E-state index is 14.3. The maximum absolute atomic E-state index is 14.3. The summed E-state index contributed by atoms with van der Waals surface area (Å²) >= 11 is 0. The van der Waals surface area contributed by atoms with E-state index >= 15 is 0 Å². The van der Waals surface area contributed by atoms with Gasteiger partial charge in [0.25, 0.3) is 5.88 Å². The van der Waals surface area contributed by atoms with Gasteiger partial charge in [-0.25, -0.2) is 28.4 Å². The first-order valence-electron chi connectivity index (χ1n) is 16.3. The summed E-state index contributed by atoms with van der Waals surface area (Å²) < 4.78 is 53.9. The topological polar surface area (TPSA) is 150 Å². The van der Waals surface area contributed by atoms with E-state index in [1.165, 1.54) is 13.4 Å². The zero-order valence-corrected chi connectivity index (χ0v) is 27.5. The normalized spacial score (nSPS) is 19.2. The molecule has 260 valence electrons. The monoisotopic (exact) mass is 678 g/mol. The Morgan fingerprint density at radius 2 is 1.84 bits per heavy atom. The molecule has 1 N–H and O–H groups in total. The molecule has 1 atom stereocenters. The lowest BCUT2D eigenvalue weighted by molar-refractivity contribution is -0.0917. The van der Waals surface area contributed by atoms with Crippen LogP contribution < -0.4 is 14.8 Å². The number of methoxy groups -OCH3 is 1. The van der Waals surface area contributed by atoms with Crippen LogP contribution in [0.3, 0.4) is 0 Å². The first-order valence-corrected chi connectivity index (χ1v) is 16.3. The van der Waals surface area contributed by atoms with E-state index in [0.717, 1.165) is 57.6 Å². The summed E-state index contributed by atoms with van der Waals surface area (Å²) in [5, 5.41) is 21.4. The third-order valence-corrected chi connectivity index (χ3v) is 8.65.